The van der Waals surface area contributed by atoms with Crippen LogP contribution in [0.1, 0.15) is 15.9 Å². The van der Waals surface area contributed by atoms with Crippen molar-refractivity contribution in [1.29, 1.82) is 0 Å². The summed E-state index contributed by atoms with van der Waals surface area (Å²) in [4.78, 5) is 10.3. The first-order valence-electron chi connectivity index (χ1n) is 6.66. The Bertz CT molecular complexity index is 864. The molecule has 0 fully saturated rings. The molecule has 0 unspecified atom stereocenters. The van der Waals surface area contributed by atoms with Gasteiger partial charge in [-0.2, -0.15) is 13.2 Å². The number of rotatable bonds is 5. The highest BCUT2D eigenvalue weighted by Gasteiger charge is 2.47. The van der Waals surface area contributed by atoms with Crippen LogP contribution in [0.25, 0.3) is 0 Å². The van der Waals surface area contributed by atoms with E-state index in [1.807, 2.05) is 0 Å². The summed E-state index contributed by atoms with van der Waals surface area (Å²) in [6, 6.07) is 10.9. The van der Waals surface area contributed by atoms with Crippen molar-refractivity contribution >= 4 is 21.4 Å². The molecule has 0 heterocycles. The summed E-state index contributed by atoms with van der Waals surface area (Å²) in [5, 5.41) is 2.64. The summed E-state index contributed by atoms with van der Waals surface area (Å²) < 4.78 is 61.4. The Labute approximate surface area is 136 Å². The summed E-state index contributed by atoms with van der Waals surface area (Å²) in [5.74, 6) is -0.642. The van der Waals surface area contributed by atoms with Crippen LogP contribution in [0.2, 0.25) is 0 Å². The van der Waals surface area contributed by atoms with Crippen molar-refractivity contribution in [2.24, 2.45) is 5.73 Å². The predicted molar refractivity (Wildman–Crippen MR) is 82.0 cm³/mol. The second kappa shape index (κ2) is 6.52. The van der Waals surface area contributed by atoms with Crippen molar-refractivity contribution < 1.29 is 26.4 Å². The molecule has 5 nitrogen and oxygen atoms in total. The fraction of sp³-hybridized carbons (Fsp3) is 0.133. The molecule has 2 rings (SSSR count). The number of primary amides is 1. The number of hydrogen-bond acceptors (Lipinski definition) is 4. The van der Waals surface area contributed by atoms with Gasteiger partial charge in [-0.1, -0.05) is 24.3 Å². The number of anilines is 1. The molecule has 0 saturated heterocycles. The van der Waals surface area contributed by atoms with Gasteiger partial charge in [0.15, 0.2) is 0 Å². The molecule has 0 bridgehead atoms. The van der Waals surface area contributed by atoms with E-state index < -0.39 is 26.1 Å². The summed E-state index contributed by atoms with van der Waals surface area (Å²) in [5.41, 5.74) is 0.384. The molecule has 0 aliphatic carbocycles. The van der Waals surface area contributed by atoms with Crippen molar-refractivity contribution in [3.8, 4) is 0 Å². The molecule has 0 aliphatic rings. The summed E-state index contributed by atoms with van der Waals surface area (Å²) in [6.45, 7) is 0.0194. The van der Waals surface area contributed by atoms with E-state index in [4.69, 9.17) is 5.73 Å². The van der Waals surface area contributed by atoms with Gasteiger partial charge in [-0.3, -0.25) is 4.79 Å². The number of carbonyl (C=O) groups excluding carboxylic acids is 1. The van der Waals surface area contributed by atoms with Gasteiger partial charge in [0.25, 0.3) is 9.84 Å². The number of halogens is 3. The Balaban J connectivity index is 2.29. The van der Waals surface area contributed by atoms with Crippen LogP contribution in [0.3, 0.4) is 0 Å². The maximum absolute atomic E-state index is 12.7. The molecule has 0 spiro atoms. The average molecular weight is 358 g/mol. The van der Waals surface area contributed by atoms with Gasteiger partial charge in [0.1, 0.15) is 0 Å². The van der Waals surface area contributed by atoms with E-state index in [1.54, 1.807) is 12.1 Å². The molecule has 0 aliphatic heterocycles. The second-order valence-corrected chi connectivity index (χ2v) is 6.77. The average Bonchev–Trinajstić information content (AvgIpc) is 2.52. The molecule has 3 N–H and O–H groups in total. The van der Waals surface area contributed by atoms with E-state index in [1.165, 1.54) is 30.3 Å². The van der Waals surface area contributed by atoms with Gasteiger partial charge in [-0.25, -0.2) is 8.42 Å². The lowest BCUT2D eigenvalue weighted by atomic mass is 10.1. The van der Waals surface area contributed by atoms with Gasteiger partial charge in [0, 0.05) is 12.1 Å². The molecule has 1 amide bonds. The minimum Gasteiger partial charge on any atom is -0.380 e. The number of nitrogens with one attached hydrogen (secondary N) is 1. The zero-order valence-corrected chi connectivity index (χ0v) is 13.0. The highest BCUT2D eigenvalue weighted by atomic mass is 32.2. The zero-order valence-electron chi connectivity index (χ0n) is 12.2. The summed E-state index contributed by atoms with van der Waals surface area (Å²) in [7, 11) is -5.47. The fourth-order valence-electron chi connectivity index (χ4n) is 2.00. The van der Waals surface area contributed by atoms with Crippen LogP contribution >= 0.6 is 0 Å². The van der Waals surface area contributed by atoms with E-state index in [2.05, 4.69) is 5.32 Å². The Morgan fingerprint density at radius 2 is 1.75 bits per heavy atom. The highest BCUT2D eigenvalue weighted by Crippen LogP contribution is 2.34. The molecule has 2 aromatic carbocycles. The van der Waals surface area contributed by atoms with Gasteiger partial charge in [0.2, 0.25) is 5.91 Å². The number of carbonyl (C=O) groups is 1. The summed E-state index contributed by atoms with van der Waals surface area (Å²) >= 11 is 0. The number of para-hydroxylation sites is 1. The van der Waals surface area contributed by atoms with E-state index in [0.29, 0.717) is 5.56 Å². The second-order valence-electron chi connectivity index (χ2n) is 4.86. The zero-order chi connectivity index (χ0) is 18.0. The smallest absolute Gasteiger partial charge is 0.380 e. The quantitative estimate of drug-likeness (QED) is 0.860. The number of nitrogens with two attached hydrogens (primary N) is 1. The topological polar surface area (TPSA) is 89.3 Å². The molecule has 0 saturated carbocycles. The lowest BCUT2D eigenvalue weighted by Crippen LogP contribution is -2.24. The number of sulfone groups is 1. The van der Waals surface area contributed by atoms with Crippen LogP contribution in [0.4, 0.5) is 18.9 Å². The van der Waals surface area contributed by atoms with Crippen LogP contribution in [0.5, 0.6) is 0 Å². The van der Waals surface area contributed by atoms with Crippen LogP contribution < -0.4 is 11.1 Å². The maximum atomic E-state index is 12.7. The molecule has 0 radical (unpaired) electrons. The number of alkyl halides is 3. The molecule has 2 aromatic rings. The van der Waals surface area contributed by atoms with Crippen molar-refractivity contribution in [3.63, 3.8) is 0 Å². The van der Waals surface area contributed by atoms with Crippen LogP contribution in [-0.4, -0.2) is 19.8 Å². The molecule has 0 atom stereocenters. The van der Waals surface area contributed by atoms with Gasteiger partial charge in [-0.15, -0.1) is 0 Å². The third-order valence-corrected chi connectivity index (χ3v) is 4.72. The van der Waals surface area contributed by atoms with E-state index in [0.717, 1.165) is 6.07 Å². The summed E-state index contributed by atoms with van der Waals surface area (Å²) in [6.07, 6.45) is 0. The number of amides is 1. The third-order valence-electron chi connectivity index (χ3n) is 3.18. The van der Waals surface area contributed by atoms with Crippen LogP contribution in [0, 0.1) is 0 Å². The van der Waals surface area contributed by atoms with Crippen molar-refractivity contribution in [2.75, 3.05) is 5.32 Å². The molecule has 128 valence electrons. The Hall–Kier alpha value is -2.55. The Morgan fingerprint density at radius 3 is 2.38 bits per heavy atom. The third kappa shape index (κ3) is 3.67. The van der Waals surface area contributed by atoms with Gasteiger partial charge >= 0.3 is 5.51 Å². The first-order chi connectivity index (χ1) is 11.1. The van der Waals surface area contributed by atoms with Gasteiger partial charge in [0.05, 0.1) is 10.6 Å². The Kier molecular flexibility index (Phi) is 4.83. The van der Waals surface area contributed by atoms with Crippen molar-refractivity contribution in [3.05, 3.63) is 59.7 Å². The van der Waals surface area contributed by atoms with E-state index in [9.17, 15) is 26.4 Å². The molecular weight excluding hydrogens is 345 g/mol. The molecule has 24 heavy (non-hydrogen) atoms. The SMILES string of the molecule is NC(=O)c1cccc(CNc2ccccc2S(=O)(=O)C(F)(F)F)c1. The lowest BCUT2D eigenvalue weighted by Gasteiger charge is -2.14. The molecule has 0 aromatic heterocycles. The van der Waals surface area contributed by atoms with E-state index in [-0.39, 0.29) is 17.8 Å². The number of benzene rings is 2. The lowest BCUT2D eigenvalue weighted by molar-refractivity contribution is -0.0435. The van der Waals surface area contributed by atoms with Gasteiger partial charge < -0.3 is 11.1 Å². The normalized spacial score (nSPS) is 12.0. The van der Waals surface area contributed by atoms with Crippen LogP contribution in [-0.2, 0) is 16.4 Å². The highest BCUT2D eigenvalue weighted by molar-refractivity contribution is 7.92. The number of hydrogen-bond donors (Lipinski definition) is 2. The monoisotopic (exact) mass is 358 g/mol. The first-order valence-corrected chi connectivity index (χ1v) is 8.14. The van der Waals surface area contributed by atoms with Gasteiger partial charge in [-0.05, 0) is 29.8 Å². The first kappa shape index (κ1) is 17.8. The largest absolute Gasteiger partial charge is 0.501 e. The predicted octanol–water partition coefficient (Wildman–Crippen LogP) is 2.69. The van der Waals surface area contributed by atoms with E-state index >= 15 is 0 Å². The minimum absolute atomic E-state index is 0.0194. The molecular formula is C15H13F3N2O3S. The Morgan fingerprint density at radius 1 is 1.08 bits per heavy atom. The standard InChI is InChI=1S/C15H13F3N2O3S/c16-15(17,18)24(22,23)13-7-2-1-6-12(13)20-9-10-4-3-5-11(8-10)14(19)21/h1-8,20H,9H2,(H2,19,21). The van der Waals surface area contributed by atoms with Crippen LogP contribution in [0.15, 0.2) is 53.4 Å². The van der Waals surface area contributed by atoms with Crippen molar-refractivity contribution in [2.45, 2.75) is 16.9 Å². The maximum Gasteiger partial charge on any atom is 0.501 e. The van der Waals surface area contributed by atoms with Crippen molar-refractivity contribution in [1.82, 2.24) is 0 Å². The molecule has 9 heteroatoms. The minimum atomic E-state index is -5.47. The fourth-order valence-corrected chi connectivity index (χ4v) is 2.94.